The number of aromatic amines is 1. The van der Waals surface area contributed by atoms with Gasteiger partial charge >= 0.3 is 5.97 Å². The summed E-state index contributed by atoms with van der Waals surface area (Å²) in [5.41, 5.74) is 1.18. The predicted octanol–water partition coefficient (Wildman–Crippen LogP) is 2.13. The van der Waals surface area contributed by atoms with E-state index >= 15 is 0 Å². The van der Waals surface area contributed by atoms with Crippen LogP contribution in [0.15, 0.2) is 0 Å². The zero-order valence-corrected chi connectivity index (χ0v) is 12.9. The quantitative estimate of drug-likeness (QED) is 0.890. The van der Waals surface area contributed by atoms with Gasteiger partial charge in [0.25, 0.3) is 5.91 Å². The number of carbonyl (C=O) groups is 2. The van der Waals surface area contributed by atoms with Crippen LogP contribution < -0.4 is 0 Å². The van der Waals surface area contributed by atoms with Gasteiger partial charge in [0, 0.05) is 18.8 Å². The lowest BCUT2D eigenvalue weighted by molar-refractivity contribution is -0.152. The fourth-order valence-corrected chi connectivity index (χ4v) is 3.29. The molecule has 0 bridgehead atoms. The maximum Gasteiger partial charge on any atom is 0.311 e. The van der Waals surface area contributed by atoms with Crippen LogP contribution in [0.3, 0.4) is 0 Å². The number of aryl methyl sites for hydroxylation is 2. The Kier molecular flexibility index (Phi) is 4.34. The summed E-state index contributed by atoms with van der Waals surface area (Å²) in [6.45, 7) is 6.49. The first-order valence-corrected chi connectivity index (χ1v) is 7.45. The Bertz CT molecular complexity index is 529. The lowest BCUT2D eigenvalue weighted by atomic mass is 9.76. The molecule has 116 valence electrons. The number of nitrogens with zero attached hydrogens (tertiary/aromatic N) is 2. The molecule has 6 nitrogen and oxygen atoms in total. The zero-order chi connectivity index (χ0) is 15.6. The van der Waals surface area contributed by atoms with Gasteiger partial charge in [-0.2, -0.15) is 5.10 Å². The fraction of sp³-hybridized carbons (Fsp3) is 0.667. The molecule has 1 amide bonds. The van der Waals surface area contributed by atoms with Gasteiger partial charge < -0.3 is 10.0 Å². The van der Waals surface area contributed by atoms with Crippen molar-refractivity contribution in [3.05, 3.63) is 17.0 Å². The van der Waals surface area contributed by atoms with Crippen molar-refractivity contribution >= 4 is 11.9 Å². The van der Waals surface area contributed by atoms with E-state index in [0.29, 0.717) is 37.2 Å². The fourth-order valence-electron chi connectivity index (χ4n) is 3.29. The Balaban J connectivity index is 2.25. The van der Waals surface area contributed by atoms with Gasteiger partial charge in [-0.15, -0.1) is 0 Å². The van der Waals surface area contributed by atoms with Gasteiger partial charge in [-0.1, -0.05) is 13.3 Å². The highest BCUT2D eigenvalue weighted by molar-refractivity contribution is 5.96. The number of piperidine rings is 1. The molecule has 1 aromatic heterocycles. The van der Waals surface area contributed by atoms with E-state index in [1.54, 1.807) is 11.8 Å². The van der Waals surface area contributed by atoms with Crippen LogP contribution in [-0.2, 0) is 4.79 Å². The number of rotatable bonds is 4. The van der Waals surface area contributed by atoms with Gasteiger partial charge in [0.15, 0.2) is 0 Å². The van der Waals surface area contributed by atoms with Gasteiger partial charge in [0.1, 0.15) is 0 Å². The topological polar surface area (TPSA) is 86.3 Å². The average molecular weight is 293 g/mol. The summed E-state index contributed by atoms with van der Waals surface area (Å²) in [5.74, 6) is -0.900. The maximum absolute atomic E-state index is 12.7. The highest BCUT2D eigenvalue weighted by atomic mass is 16.4. The number of aromatic nitrogens is 2. The number of carboxylic acids is 1. The normalized spacial score (nSPS) is 22.3. The maximum atomic E-state index is 12.7. The molecule has 1 fully saturated rings. The Morgan fingerprint density at radius 1 is 1.43 bits per heavy atom. The van der Waals surface area contributed by atoms with Crippen LogP contribution in [-0.4, -0.2) is 45.2 Å². The number of carboxylic acid groups (broad SMARTS) is 1. The number of nitrogens with one attached hydrogen (secondary N) is 1. The van der Waals surface area contributed by atoms with E-state index in [4.69, 9.17) is 0 Å². The van der Waals surface area contributed by atoms with Crippen LogP contribution in [0.2, 0.25) is 0 Å². The molecule has 21 heavy (non-hydrogen) atoms. The number of likely N-dealkylation sites (tertiary alicyclic amines) is 1. The number of hydrogen-bond donors (Lipinski definition) is 2. The summed E-state index contributed by atoms with van der Waals surface area (Å²) in [6.07, 6.45) is 2.78. The van der Waals surface area contributed by atoms with Gasteiger partial charge in [0.05, 0.1) is 16.7 Å². The Hall–Kier alpha value is -1.85. The van der Waals surface area contributed by atoms with Crippen LogP contribution in [0.5, 0.6) is 0 Å². The van der Waals surface area contributed by atoms with Gasteiger partial charge in [0.2, 0.25) is 0 Å². The number of carbonyl (C=O) groups excluding carboxylic acids is 1. The first-order chi connectivity index (χ1) is 9.91. The Morgan fingerprint density at radius 2 is 2.14 bits per heavy atom. The highest BCUT2D eigenvalue weighted by Crippen LogP contribution is 2.35. The summed E-state index contributed by atoms with van der Waals surface area (Å²) < 4.78 is 0. The lowest BCUT2D eigenvalue weighted by Crippen LogP contribution is -2.50. The first-order valence-electron chi connectivity index (χ1n) is 7.45. The predicted molar refractivity (Wildman–Crippen MR) is 78.2 cm³/mol. The molecule has 1 unspecified atom stereocenters. The number of H-pyrrole nitrogens is 1. The van der Waals surface area contributed by atoms with Crippen molar-refractivity contribution in [2.24, 2.45) is 5.41 Å². The summed E-state index contributed by atoms with van der Waals surface area (Å²) in [7, 11) is 0. The van der Waals surface area contributed by atoms with E-state index in [1.165, 1.54) is 0 Å². The molecule has 0 aliphatic carbocycles. The standard InChI is InChI=1S/C15H23N3O3/c1-4-6-15(14(20)21)7-5-8-18(9-15)13(19)12-10(2)16-17-11(12)3/h4-9H2,1-3H3,(H,16,17)(H,20,21). The molecule has 0 spiro atoms. The third-order valence-electron chi connectivity index (χ3n) is 4.39. The molecule has 0 aromatic carbocycles. The largest absolute Gasteiger partial charge is 0.481 e. The second-order valence-corrected chi connectivity index (χ2v) is 5.97. The summed E-state index contributed by atoms with van der Waals surface area (Å²) in [6, 6.07) is 0. The smallest absolute Gasteiger partial charge is 0.311 e. The second kappa shape index (κ2) is 5.87. The van der Waals surface area contributed by atoms with E-state index in [-0.39, 0.29) is 5.91 Å². The van der Waals surface area contributed by atoms with Crippen molar-refractivity contribution in [3.63, 3.8) is 0 Å². The summed E-state index contributed by atoms with van der Waals surface area (Å²) in [4.78, 5) is 26.1. The van der Waals surface area contributed by atoms with Crippen LogP contribution in [0.4, 0.5) is 0 Å². The molecule has 1 aromatic rings. The van der Waals surface area contributed by atoms with Crippen LogP contribution >= 0.6 is 0 Å². The van der Waals surface area contributed by atoms with Gasteiger partial charge in [-0.3, -0.25) is 14.7 Å². The van der Waals surface area contributed by atoms with Gasteiger partial charge in [-0.25, -0.2) is 0 Å². The number of aliphatic carboxylic acids is 1. The average Bonchev–Trinajstić information content (AvgIpc) is 2.78. The van der Waals surface area contributed by atoms with Crippen molar-refractivity contribution in [1.82, 2.24) is 15.1 Å². The third-order valence-corrected chi connectivity index (χ3v) is 4.39. The first kappa shape index (κ1) is 15.5. The van der Waals surface area contributed by atoms with Crippen molar-refractivity contribution in [2.75, 3.05) is 13.1 Å². The van der Waals surface area contributed by atoms with Crippen LogP contribution in [0.1, 0.15) is 54.4 Å². The minimum Gasteiger partial charge on any atom is -0.481 e. The van der Waals surface area contributed by atoms with Crippen molar-refractivity contribution in [1.29, 1.82) is 0 Å². The molecule has 2 N–H and O–H groups in total. The van der Waals surface area contributed by atoms with Crippen LogP contribution in [0.25, 0.3) is 0 Å². The molecule has 0 saturated carbocycles. The molecule has 0 radical (unpaired) electrons. The SMILES string of the molecule is CCCC1(C(=O)O)CCCN(C(=O)c2c(C)n[nH]c2C)C1. The molecule has 2 rings (SSSR count). The minimum atomic E-state index is -0.797. The second-order valence-electron chi connectivity index (χ2n) is 5.97. The molecular formula is C15H23N3O3. The molecule has 1 aliphatic rings. The molecular weight excluding hydrogens is 270 g/mol. The minimum absolute atomic E-state index is 0.111. The van der Waals surface area contributed by atoms with E-state index in [9.17, 15) is 14.7 Å². The molecule has 1 aliphatic heterocycles. The monoisotopic (exact) mass is 293 g/mol. The van der Waals surface area contributed by atoms with Gasteiger partial charge in [-0.05, 0) is 33.1 Å². The molecule has 1 atom stereocenters. The van der Waals surface area contributed by atoms with Crippen molar-refractivity contribution < 1.29 is 14.7 Å². The van der Waals surface area contributed by atoms with E-state index in [2.05, 4.69) is 10.2 Å². The Morgan fingerprint density at radius 3 is 2.67 bits per heavy atom. The third kappa shape index (κ3) is 2.80. The molecule has 1 saturated heterocycles. The summed E-state index contributed by atoms with van der Waals surface area (Å²) in [5, 5.41) is 16.5. The molecule has 6 heteroatoms. The lowest BCUT2D eigenvalue weighted by Gasteiger charge is -2.40. The van der Waals surface area contributed by atoms with E-state index in [1.807, 2.05) is 13.8 Å². The molecule has 2 heterocycles. The van der Waals surface area contributed by atoms with E-state index < -0.39 is 11.4 Å². The van der Waals surface area contributed by atoms with E-state index in [0.717, 1.165) is 18.5 Å². The number of hydrogen-bond acceptors (Lipinski definition) is 3. The van der Waals surface area contributed by atoms with Crippen molar-refractivity contribution in [2.45, 2.75) is 46.5 Å². The number of amides is 1. The zero-order valence-electron chi connectivity index (χ0n) is 12.9. The van der Waals surface area contributed by atoms with Crippen LogP contribution in [0, 0.1) is 19.3 Å². The van der Waals surface area contributed by atoms with Crippen molar-refractivity contribution in [3.8, 4) is 0 Å². The summed E-state index contributed by atoms with van der Waals surface area (Å²) >= 11 is 0. The Labute approximate surface area is 124 Å². The highest BCUT2D eigenvalue weighted by Gasteiger charge is 2.43.